The first-order valence-electron chi connectivity index (χ1n) is 9.91. The van der Waals surface area contributed by atoms with Crippen LogP contribution in [-0.4, -0.2) is 44.6 Å². The molecule has 6 nitrogen and oxygen atoms in total. The van der Waals surface area contributed by atoms with Crippen molar-refractivity contribution < 1.29 is 31.2 Å². The molecule has 2 rings (SSSR count). The Bertz CT molecular complexity index is 1160. The number of benzene rings is 2. The Balaban J connectivity index is 1.80. The van der Waals surface area contributed by atoms with E-state index in [1.165, 1.54) is 50.4 Å². The molecule has 0 fully saturated rings. The van der Waals surface area contributed by atoms with E-state index in [4.69, 9.17) is 0 Å². The molecule has 0 heterocycles. The number of hydrogen-bond acceptors (Lipinski definition) is 4. The van der Waals surface area contributed by atoms with Gasteiger partial charge in [-0.05, 0) is 43.7 Å². The molecular formula is C23H23F3N2O4S. The summed E-state index contributed by atoms with van der Waals surface area (Å²) in [6, 6.07) is 10.2. The SMILES string of the molecule is CC(=O)c1ccc(S(=O)(=O)N(C)CCCC(=O)NCC#Cc2cccc(C(F)(F)F)c2)cc1. The lowest BCUT2D eigenvalue weighted by Gasteiger charge is -2.17. The molecule has 2 aromatic rings. The molecule has 0 bridgehead atoms. The average molecular weight is 481 g/mol. The van der Waals surface area contributed by atoms with Crippen LogP contribution in [-0.2, 0) is 21.0 Å². The van der Waals surface area contributed by atoms with Gasteiger partial charge in [0.25, 0.3) is 0 Å². The number of hydrogen-bond donors (Lipinski definition) is 1. The highest BCUT2D eigenvalue weighted by Gasteiger charge is 2.30. The van der Waals surface area contributed by atoms with Gasteiger partial charge in [-0.25, -0.2) is 12.7 Å². The first-order valence-corrected chi connectivity index (χ1v) is 11.4. The largest absolute Gasteiger partial charge is 0.416 e. The van der Waals surface area contributed by atoms with Gasteiger partial charge in [-0.3, -0.25) is 9.59 Å². The summed E-state index contributed by atoms with van der Waals surface area (Å²) >= 11 is 0. The van der Waals surface area contributed by atoms with Crippen LogP contribution in [0.2, 0.25) is 0 Å². The van der Waals surface area contributed by atoms with Gasteiger partial charge >= 0.3 is 6.18 Å². The highest BCUT2D eigenvalue weighted by atomic mass is 32.2. The van der Waals surface area contributed by atoms with Crippen molar-refractivity contribution in [1.82, 2.24) is 9.62 Å². The van der Waals surface area contributed by atoms with Crippen LogP contribution in [0.25, 0.3) is 0 Å². The third-order valence-corrected chi connectivity index (χ3v) is 6.51. The maximum absolute atomic E-state index is 12.7. The van der Waals surface area contributed by atoms with E-state index in [0.29, 0.717) is 5.56 Å². The molecule has 1 N–H and O–H groups in total. The highest BCUT2D eigenvalue weighted by Crippen LogP contribution is 2.29. The number of Topliss-reactive ketones (excluding diaryl/α,β-unsaturated/α-hetero) is 1. The lowest BCUT2D eigenvalue weighted by Crippen LogP contribution is -2.29. The van der Waals surface area contributed by atoms with Gasteiger partial charge < -0.3 is 5.32 Å². The molecule has 10 heteroatoms. The summed E-state index contributed by atoms with van der Waals surface area (Å²) < 4.78 is 64.3. The van der Waals surface area contributed by atoms with Gasteiger partial charge in [-0.2, -0.15) is 13.2 Å². The van der Waals surface area contributed by atoms with E-state index in [2.05, 4.69) is 17.2 Å². The van der Waals surface area contributed by atoms with Crippen LogP contribution in [0.1, 0.15) is 41.3 Å². The number of halogens is 3. The number of alkyl halides is 3. The van der Waals surface area contributed by atoms with Crippen molar-refractivity contribution in [3.05, 3.63) is 65.2 Å². The molecule has 0 aliphatic rings. The molecule has 0 aliphatic heterocycles. The molecular weight excluding hydrogens is 457 g/mol. The number of nitrogens with zero attached hydrogens (tertiary/aromatic N) is 1. The second-order valence-corrected chi connectivity index (χ2v) is 9.21. The predicted molar refractivity (Wildman–Crippen MR) is 117 cm³/mol. The fraction of sp³-hybridized carbons (Fsp3) is 0.304. The number of sulfonamides is 1. The summed E-state index contributed by atoms with van der Waals surface area (Å²) in [6.45, 7) is 1.43. The number of ketones is 1. The van der Waals surface area contributed by atoms with Crippen LogP contribution in [0.15, 0.2) is 53.4 Å². The van der Waals surface area contributed by atoms with Crippen molar-refractivity contribution in [2.45, 2.75) is 30.8 Å². The van der Waals surface area contributed by atoms with E-state index < -0.39 is 21.8 Å². The van der Waals surface area contributed by atoms with Crippen LogP contribution >= 0.6 is 0 Å². The number of nitrogens with one attached hydrogen (secondary N) is 1. The first-order chi connectivity index (χ1) is 15.4. The van der Waals surface area contributed by atoms with Gasteiger partial charge in [0.1, 0.15) is 0 Å². The summed E-state index contributed by atoms with van der Waals surface area (Å²) in [4.78, 5) is 23.3. The second kappa shape index (κ2) is 11.1. The maximum atomic E-state index is 12.7. The molecule has 0 atom stereocenters. The topological polar surface area (TPSA) is 83.6 Å². The van der Waals surface area contributed by atoms with E-state index in [0.717, 1.165) is 16.4 Å². The van der Waals surface area contributed by atoms with Crippen LogP contribution in [0.5, 0.6) is 0 Å². The Morgan fingerprint density at radius 3 is 2.36 bits per heavy atom. The number of carbonyl (C=O) groups is 2. The molecule has 1 amide bonds. The van der Waals surface area contributed by atoms with E-state index in [1.807, 2.05) is 0 Å². The highest BCUT2D eigenvalue weighted by molar-refractivity contribution is 7.89. The number of rotatable bonds is 8. The Kier molecular flexibility index (Phi) is 8.79. The van der Waals surface area contributed by atoms with Crippen LogP contribution in [0.4, 0.5) is 13.2 Å². The molecule has 0 radical (unpaired) electrons. The van der Waals surface area contributed by atoms with Crippen molar-refractivity contribution in [2.24, 2.45) is 0 Å². The summed E-state index contributed by atoms with van der Waals surface area (Å²) in [7, 11) is -2.36. The lowest BCUT2D eigenvalue weighted by atomic mass is 10.1. The Hall–Kier alpha value is -3.16. The summed E-state index contributed by atoms with van der Waals surface area (Å²) in [5.74, 6) is 4.63. The molecule has 0 spiro atoms. The van der Waals surface area contributed by atoms with Gasteiger partial charge in [0, 0.05) is 31.1 Å². The zero-order valence-corrected chi connectivity index (χ0v) is 18.9. The van der Waals surface area contributed by atoms with E-state index in [1.54, 1.807) is 0 Å². The minimum absolute atomic E-state index is 0.0457. The zero-order chi connectivity index (χ0) is 24.6. The molecule has 33 heavy (non-hydrogen) atoms. The molecule has 0 aliphatic carbocycles. The Morgan fingerprint density at radius 2 is 1.76 bits per heavy atom. The molecule has 0 unspecified atom stereocenters. The van der Waals surface area contributed by atoms with E-state index in [9.17, 15) is 31.2 Å². The van der Waals surface area contributed by atoms with E-state index in [-0.39, 0.29) is 48.1 Å². The van der Waals surface area contributed by atoms with Gasteiger partial charge in [0.15, 0.2) is 5.78 Å². The molecule has 176 valence electrons. The normalized spacial score (nSPS) is 11.6. The van der Waals surface area contributed by atoms with Crippen molar-refractivity contribution >= 4 is 21.7 Å². The second-order valence-electron chi connectivity index (χ2n) is 7.17. The van der Waals surface area contributed by atoms with Gasteiger partial charge in [0.05, 0.1) is 17.0 Å². The summed E-state index contributed by atoms with van der Waals surface area (Å²) in [5, 5.41) is 2.52. The molecule has 0 saturated carbocycles. The monoisotopic (exact) mass is 480 g/mol. The molecule has 0 aromatic heterocycles. The van der Waals surface area contributed by atoms with Crippen LogP contribution in [0, 0.1) is 11.8 Å². The summed E-state index contributed by atoms with van der Waals surface area (Å²) in [6.07, 6.45) is -4.15. The third-order valence-electron chi connectivity index (χ3n) is 4.64. The van der Waals surface area contributed by atoms with Crippen LogP contribution in [0.3, 0.4) is 0 Å². The van der Waals surface area contributed by atoms with Crippen molar-refractivity contribution in [1.29, 1.82) is 0 Å². The fourth-order valence-corrected chi connectivity index (χ4v) is 3.98. The number of carbonyl (C=O) groups excluding carboxylic acids is 2. The fourth-order valence-electron chi connectivity index (χ4n) is 2.77. The Labute approximate surface area is 190 Å². The van der Waals surface area contributed by atoms with Crippen molar-refractivity contribution in [3.63, 3.8) is 0 Å². The smallest absolute Gasteiger partial charge is 0.345 e. The van der Waals surface area contributed by atoms with Gasteiger partial charge in [0.2, 0.25) is 15.9 Å². The van der Waals surface area contributed by atoms with Gasteiger partial charge in [-0.1, -0.05) is 30.0 Å². The van der Waals surface area contributed by atoms with Crippen molar-refractivity contribution in [2.75, 3.05) is 20.1 Å². The summed E-state index contributed by atoms with van der Waals surface area (Å²) in [5.41, 5.74) is -0.209. The lowest BCUT2D eigenvalue weighted by molar-refractivity contribution is -0.137. The van der Waals surface area contributed by atoms with E-state index >= 15 is 0 Å². The van der Waals surface area contributed by atoms with Crippen LogP contribution < -0.4 is 5.32 Å². The Morgan fingerprint density at radius 1 is 1.09 bits per heavy atom. The quantitative estimate of drug-likeness (QED) is 0.463. The third kappa shape index (κ3) is 7.73. The minimum Gasteiger partial charge on any atom is -0.345 e. The number of amides is 1. The molecule has 0 saturated heterocycles. The predicted octanol–water partition coefficient (Wildman–Crippen LogP) is 3.48. The first kappa shape index (κ1) is 26.1. The molecule has 2 aromatic carbocycles. The zero-order valence-electron chi connectivity index (χ0n) is 18.1. The van der Waals surface area contributed by atoms with Gasteiger partial charge in [-0.15, -0.1) is 0 Å². The maximum Gasteiger partial charge on any atom is 0.416 e. The van der Waals surface area contributed by atoms with Crippen molar-refractivity contribution in [3.8, 4) is 11.8 Å². The average Bonchev–Trinajstić information content (AvgIpc) is 2.76. The minimum atomic E-state index is -4.45. The standard InChI is InChI=1S/C23H23F3N2O4S/c1-17(29)19-10-12-21(13-11-19)33(31,32)28(2)15-5-9-22(30)27-14-4-7-18-6-3-8-20(16-18)23(24,25)26/h3,6,8,10-13,16H,5,9,14-15H2,1-2H3,(H,27,30).